The standard InChI is InChI=1S/C7H14NO4PS/c1-3-11-13(9,12-4-2)6-5-10-7(14)8-6/h6H,3-5H2,1-2H3,(H,8,14). The van der Waals surface area contributed by atoms with Crippen molar-refractivity contribution in [2.45, 2.75) is 19.6 Å². The predicted octanol–water partition coefficient (Wildman–Crippen LogP) is 1.48. The zero-order chi connectivity index (χ0) is 10.6. The molecular formula is C7H14NO4PS. The normalized spacial score (nSPS) is 21.9. The minimum atomic E-state index is -3.13. The minimum Gasteiger partial charge on any atom is -0.468 e. The number of hydrogen-bond acceptors (Lipinski definition) is 5. The second kappa shape index (κ2) is 5.07. The Bertz CT molecular complexity index is 250. The molecule has 1 rings (SSSR count). The van der Waals surface area contributed by atoms with Crippen molar-refractivity contribution < 1.29 is 18.3 Å². The van der Waals surface area contributed by atoms with Crippen molar-refractivity contribution in [3.05, 3.63) is 0 Å². The molecule has 0 aliphatic carbocycles. The summed E-state index contributed by atoms with van der Waals surface area (Å²) in [6.07, 6.45) is 0. The van der Waals surface area contributed by atoms with Gasteiger partial charge in [-0.25, -0.2) is 0 Å². The van der Waals surface area contributed by atoms with Crippen LogP contribution in [0, 0.1) is 0 Å². The van der Waals surface area contributed by atoms with E-state index in [1.165, 1.54) is 0 Å². The van der Waals surface area contributed by atoms with E-state index in [0.29, 0.717) is 13.2 Å². The number of nitrogens with one attached hydrogen (secondary N) is 1. The quantitative estimate of drug-likeness (QED) is 0.579. The van der Waals surface area contributed by atoms with Gasteiger partial charge in [-0.05, 0) is 26.1 Å². The molecule has 0 aromatic carbocycles. The molecule has 1 saturated heterocycles. The molecular weight excluding hydrogens is 225 g/mol. The van der Waals surface area contributed by atoms with Gasteiger partial charge in [-0.3, -0.25) is 4.57 Å². The molecule has 5 nitrogen and oxygen atoms in total. The average molecular weight is 239 g/mol. The molecule has 0 bridgehead atoms. The molecule has 1 N–H and O–H groups in total. The first-order valence-electron chi connectivity index (χ1n) is 4.44. The van der Waals surface area contributed by atoms with Gasteiger partial charge in [-0.1, -0.05) is 0 Å². The average Bonchev–Trinajstić information content (AvgIpc) is 2.53. The smallest absolute Gasteiger partial charge is 0.356 e. The van der Waals surface area contributed by atoms with Crippen LogP contribution in [0.15, 0.2) is 0 Å². The summed E-state index contributed by atoms with van der Waals surface area (Å²) < 4.78 is 27.4. The highest BCUT2D eigenvalue weighted by Gasteiger charge is 2.40. The van der Waals surface area contributed by atoms with Crippen molar-refractivity contribution in [3.8, 4) is 0 Å². The van der Waals surface area contributed by atoms with Crippen LogP contribution in [0.1, 0.15) is 13.8 Å². The van der Waals surface area contributed by atoms with Crippen LogP contribution in [0.3, 0.4) is 0 Å². The maximum atomic E-state index is 12.1. The summed E-state index contributed by atoms with van der Waals surface area (Å²) in [5, 5.41) is 3.01. The van der Waals surface area contributed by atoms with Crippen LogP contribution < -0.4 is 5.32 Å². The topological polar surface area (TPSA) is 56.8 Å². The Morgan fingerprint density at radius 2 is 2.14 bits per heavy atom. The van der Waals surface area contributed by atoms with E-state index in [1.54, 1.807) is 13.8 Å². The van der Waals surface area contributed by atoms with Crippen molar-refractivity contribution in [1.29, 1.82) is 0 Å². The summed E-state index contributed by atoms with van der Waals surface area (Å²) in [5.41, 5.74) is 0. The highest BCUT2D eigenvalue weighted by Crippen LogP contribution is 2.52. The van der Waals surface area contributed by atoms with Gasteiger partial charge in [-0.15, -0.1) is 0 Å². The van der Waals surface area contributed by atoms with E-state index in [2.05, 4.69) is 5.32 Å². The molecule has 1 heterocycles. The monoisotopic (exact) mass is 239 g/mol. The largest absolute Gasteiger partial charge is 0.468 e. The molecule has 0 saturated carbocycles. The SMILES string of the molecule is CCOP(=O)(OCC)C1COC(=S)N1. The predicted molar refractivity (Wildman–Crippen MR) is 56.3 cm³/mol. The van der Waals surface area contributed by atoms with Gasteiger partial charge in [0, 0.05) is 0 Å². The first kappa shape index (κ1) is 11.9. The maximum absolute atomic E-state index is 12.1. The lowest BCUT2D eigenvalue weighted by molar-refractivity contribution is 0.205. The molecule has 0 aromatic rings. The third-order valence-corrected chi connectivity index (χ3v) is 4.17. The van der Waals surface area contributed by atoms with Crippen molar-refractivity contribution in [1.82, 2.24) is 5.32 Å². The highest BCUT2D eigenvalue weighted by molar-refractivity contribution is 7.80. The molecule has 0 amide bonds. The zero-order valence-corrected chi connectivity index (χ0v) is 9.90. The number of thiocarbonyl (C=S) groups is 1. The number of rotatable bonds is 5. The lowest BCUT2D eigenvalue weighted by Crippen LogP contribution is -2.27. The van der Waals surface area contributed by atoms with Crippen molar-refractivity contribution >= 4 is 25.0 Å². The van der Waals surface area contributed by atoms with Gasteiger partial charge < -0.3 is 19.1 Å². The third-order valence-electron chi connectivity index (χ3n) is 1.66. The number of hydrogen-bond donors (Lipinski definition) is 1. The molecule has 0 aromatic heterocycles. The van der Waals surface area contributed by atoms with Crippen LogP contribution in [-0.4, -0.2) is 30.8 Å². The molecule has 1 aliphatic rings. The van der Waals surface area contributed by atoms with Crippen LogP contribution in [-0.2, 0) is 18.3 Å². The van der Waals surface area contributed by atoms with Gasteiger partial charge in [-0.2, -0.15) is 0 Å². The molecule has 1 unspecified atom stereocenters. The molecule has 0 spiro atoms. The Morgan fingerprint density at radius 1 is 1.57 bits per heavy atom. The first-order chi connectivity index (χ1) is 6.62. The summed E-state index contributed by atoms with van der Waals surface area (Å²) in [6.45, 7) is 4.43. The van der Waals surface area contributed by atoms with Gasteiger partial charge in [0.25, 0.3) is 5.17 Å². The number of ether oxygens (including phenoxy) is 1. The Kier molecular flexibility index (Phi) is 4.31. The molecule has 82 valence electrons. The van der Waals surface area contributed by atoms with E-state index in [1.807, 2.05) is 0 Å². The Labute approximate surface area is 88.6 Å². The highest BCUT2D eigenvalue weighted by atomic mass is 32.1. The Morgan fingerprint density at radius 3 is 2.50 bits per heavy atom. The molecule has 1 aliphatic heterocycles. The third kappa shape index (κ3) is 2.67. The second-order valence-corrected chi connectivity index (χ2v) is 5.22. The minimum absolute atomic E-state index is 0.232. The van der Waals surface area contributed by atoms with Crippen LogP contribution in [0.5, 0.6) is 0 Å². The van der Waals surface area contributed by atoms with Crippen LogP contribution in [0.2, 0.25) is 0 Å². The van der Waals surface area contributed by atoms with Crippen molar-refractivity contribution in [2.75, 3.05) is 19.8 Å². The summed E-state index contributed by atoms with van der Waals surface area (Å²) in [5.74, 6) is -0.477. The molecule has 1 fully saturated rings. The maximum Gasteiger partial charge on any atom is 0.356 e. The molecule has 7 heteroatoms. The molecule has 14 heavy (non-hydrogen) atoms. The lowest BCUT2D eigenvalue weighted by atomic mass is 10.7. The van der Waals surface area contributed by atoms with Gasteiger partial charge in [0.2, 0.25) is 0 Å². The molecule has 0 radical (unpaired) electrons. The van der Waals surface area contributed by atoms with E-state index in [-0.39, 0.29) is 11.8 Å². The van der Waals surface area contributed by atoms with E-state index < -0.39 is 13.4 Å². The van der Waals surface area contributed by atoms with E-state index in [9.17, 15) is 4.57 Å². The zero-order valence-electron chi connectivity index (χ0n) is 8.19. The second-order valence-electron chi connectivity index (χ2n) is 2.63. The van der Waals surface area contributed by atoms with Crippen LogP contribution in [0.25, 0.3) is 0 Å². The lowest BCUT2D eigenvalue weighted by Gasteiger charge is -2.21. The fourth-order valence-corrected chi connectivity index (χ4v) is 3.11. The van der Waals surface area contributed by atoms with E-state index in [4.69, 9.17) is 26.0 Å². The van der Waals surface area contributed by atoms with E-state index in [0.717, 1.165) is 0 Å². The van der Waals surface area contributed by atoms with Gasteiger partial charge >= 0.3 is 7.60 Å². The van der Waals surface area contributed by atoms with Crippen LogP contribution >= 0.6 is 19.8 Å². The fraction of sp³-hybridized carbons (Fsp3) is 0.857. The van der Waals surface area contributed by atoms with Crippen molar-refractivity contribution in [3.63, 3.8) is 0 Å². The van der Waals surface area contributed by atoms with Crippen LogP contribution in [0.4, 0.5) is 0 Å². The summed E-state index contributed by atoms with van der Waals surface area (Å²) >= 11 is 4.77. The summed E-state index contributed by atoms with van der Waals surface area (Å²) in [4.78, 5) is 0. The Balaban J connectivity index is 2.66. The Hall–Kier alpha value is -0.160. The van der Waals surface area contributed by atoms with Gasteiger partial charge in [0.1, 0.15) is 6.61 Å². The summed E-state index contributed by atoms with van der Waals surface area (Å²) in [7, 11) is -3.13. The molecule has 1 atom stereocenters. The van der Waals surface area contributed by atoms with Gasteiger partial charge in [0.05, 0.1) is 13.2 Å². The van der Waals surface area contributed by atoms with Crippen molar-refractivity contribution in [2.24, 2.45) is 0 Å². The summed E-state index contributed by atoms with van der Waals surface area (Å²) in [6, 6.07) is 0. The van der Waals surface area contributed by atoms with Gasteiger partial charge in [0.15, 0.2) is 5.78 Å². The fourth-order valence-electron chi connectivity index (χ4n) is 1.12. The van der Waals surface area contributed by atoms with E-state index >= 15 is 0 Å². The first-order valence-corrected chi connectivity index (χ1v) is 6.46.